The zero-order chi connectivity index (χ0) is 14.3. The lowest BCUT2D eigenvalue weighted by Gasteiger charge is -2.19. The maximum Gasteiger partial charge on any atom is 0.0246 e. The van der Waals surface area contributed by atoms with Crippen molar-refractivity contribution >= 4 is 10.8 Å². The van der Waals surface area contributed by atoms with Gasteiger partial charge < -0.3 is 5.32 Å². The Morgan fingerprint density at radius 3 is 2.53 bits per heavy atom. The number of aryl methyl sites for hydroxylation is 2. The summed E-state index contributed by atoms with van der Waals surface area (Å²) in [5, 5.41) is 3.59. The van der Waals surface area contributed by atoms with Crippen molar-refractivity contribution in [3.8, 4) is 0 Å². The standard InChI is InChI=1S/C16H27NOS/c1-13-6-5-7-16(12-13)9-8-14(2)17-15(3)10-11-19(4)18/h5-7,12,14-15,17H,8-11H2,1-4H3. The summed E-state index contributed by atoms with van der Waals surface area (Å²) < 4.78 is 11.1. The van der Waals surface area contributed by atoms with Crippen molar-refractivity contribution < 1.29 is 4.21 Å². The highest BCUT2D eigenvalue weighted by molar-refractivity contribution is 7.84. The second-order valence-electron chi connectivity index (χ2n) is 5.56. The molecular formula is C16H27NOS. The molecular weight excluding hydrogens is 254 g/mol. The third-order valence-corrected chi connectivity index (χ3v) is 4.17. The molecule has 1 aromatic rings. The lowest BCUT2D eigenvalue weighted by molar-refractivity contribution is 0.439. The molecule has 0 bridgehead atoms. The summed E-state index contributed by atoms with van der Waals surface area (Å²) in [6.07, 6.45) is 5.01. The van der Waals surface area contributed by atoms with E-state index < -0.39 is 10.8 Å². The normalized spacial score (nSPS) is 16.0. The summed E-state index contributed by atoms with van der Waals surface area (Å²) >= 11 is 0. The number of nitrogens with one attached hydrogen (secondary N) is 1. The van der Waals surface area contributed by atoms with Crippen LogP contribution in [-0.4, -0.2) is 28.3 Å². The highest BCUT2D eigenvalue weighted by Gasteiger charge is 2.08. The second kappa shape index (κ2) is 8.49. The Morgan fingerprint density at radius 2 is 1.89 bits per heavy atom. The van der Waals surface area contributed by atoms with Gasteiger partial charge in [-0.25, -0.2) is 0 Å². The van der Waals surface area contributed by atoms with Crippen molar-refractivity contribution in [2.45, 2.75) is 52.1 Å². The number of rotatable bonds is 8. The highest BCUT2D eigenvalue weighted by atomic mass is 32.2. The van der Waals surface area contributed by atoms with Crippen molar-refractivity contribution in [2.24, 2.45) is 0 Å². The van der Waals surface area contributed by atoms with Crippen LogP contribution in [0.25, 0.3) is 0 Å². The fraction of sp³-hybridized carbons (Fsp3) is 0.625. The molecule has 1 aromatic carbocycles. The largest absolute Gasteiger partial charge is 0.312 e. The van der Waals surface area contributed by atoms with E-state index in [-0.39, 0.29) is 0 Å². The number of hydrogen-bond donors (Lipinski definition) is 1. The lowest BCUT2D eigenvalue weighted by atomic mass is 10.0. The molecule has 2 nitrogen and oxygen atoms in total. The fourth-order valence-corrected chi connectivity index (χ4v) is 2.93. The highest BCUT2D eigenvalue weighted by Crippen LogP contribution is 2.08. The molecule has 0 aliphatic heterocycles. The summed E-state index contributed by atoms with van der Waals surface area (Å²) in [4.78, 5) is 0. The van der Waals surface area contributed by atoms with Gasteiger partial charge >= 0.3 is 0 Å². The lowest BCUT2D eigenvalue weighted by Crippen LogP contribution is -2.35. The molecule has 1 N–H and O–H groups in total. The third kappa shape index (κ3) is 7.48. The van der Waals surface area contributed by atoms with Crippen molar-refractivity contribution in [3.63, 3.8) is 0 Å². The van der Waals surface area contributed by atoms with E-state index in [0.29, 0.717) is 12.1 Å². The first-order chi connectivity index (χ1) is 8.97. The van der Waals surface area contributed by atoms with Crippen LogP contribution in [0.15, 0.2) is 24.3 Å². The molecule has 3 atom stereocenters. The van der Waals surface area contributed by atoms with E-state index in [1.165, 1.54) is 11.1 Å². The van der Waals surface area contributed by atoms with Crippen molar-refractivity contribution in [1.29, 1.82) is 0 Å². The van der Waals surface area contributed by atoms with Gasteiger partial charge in [0.2, 0.25) is 0 Å². The van der Waals surface area contributed by atoms with Crippen LogP contribution in [0.4, 0.5) is 0 Å². The van der Waals surface area contributed by atoms with Gasteiger partial charge in [0.1, 0.15) is 0 Å². The van der Waals surface area contributed by atoms with Gasteiger partial charge in [-0.05, 0) is 45.6 Å². The van der Waals surface area contributed by atoms with Crippen molar-refractivity contribution in [3.05, 3.63) is 35.4 Å². The zero-order valence-corrected chi connectivity index (χ0v) is 13.4. The summed E-state index contributed by atoms with van der Waals surface area (Å²) in [6.45, 7) is 6.54. The Labute approximate surface area is 120 Å². The van der Waals surface area contributed by atoms with Crippen LogP contribution in [0.1, 0.15) is 37.8 Å². The first kappa shape index (κ1) is 16.4. The molecule has 0 saturated carbocycles. The first-order valence-corrected chi connectivity index (χ1v) is 8.81. The molecule has 0 aromatic heterocycles. The average Bonchev–Trinajstić information content (AvgIpc) is 2.34. The Balaban J connectivity index is 2.27. The Kier molecular flexibility index (Phi) is 7.32. The third-order valence-electron chi connectivity index (χ3n) is 3.36. The van der Waals surface area contributed by atoms with Crippen LogP contribution in [0.5, 0.6) is 0 Å². The topological polar surface area (TPSA) is 29.1 Å². The fourth-order valence-electron chi connectivity index (χ4n) is 2.25. The van der Waals surface area contributed by atoms with Gasteiger partial charge in [-0.1, -0.05) is 29.8 Å². The van der Waals surface area contributed by atoms with Gasteiger partial charge in [0.15, 0.2) is 0 Å². The van der Waals surface area contributed by atoms with Crippen molar-refractivity contribution in [1.82, 2.24) is 5.32 Å². The van der Waals surface area contributed by atoms with E-state index in [1.54, 1.807) is 6.26 Å². The Hall–Kier alpha value is -0.670. The van der Waals surface area contributed by atoms with Gasteiger partial charge in [-0.15, -0.1) is 0 Å². The predicted molar refractivity (Wildman–Crippen MR) is 85.1 cm³/mol. The van der Waals surface area contributed by atoms with E-state index in [2.05, 4.69) is 50.4 Å². The minimum Gasteiger partial charge on any atom is -0.312 e. The zero-order valence-electron chi connectivity index (χ0n) is 12.6. The molecule has 3 unspecified atom stereocenters. The number of benzene rings is 1. The second-order valence-corrected chi connectivity index (χ2v) is 7.12. The minimum absolute atomic E-state index is 0.441. The monoisotopic (exact) mass is 281 g/mol. The molecule has 0 spiro atoms. The van der Waals surface area contributed by atoms with Crippen LogP contribution < -0.4 is 5.32 Å². The summed E-state index contributed by atoms with van der Waals surface area (Å²) in [7, 11) is -0.677. The van der Waals surface area contributed by atoms with E-state index in [1.807, 2.05) is 0 Å². The summed E-state index contributed by atoms with van der Waals surface area (Å²) in [5.41, 5.74) is 2.74. The van der Waals surface area contributed by atoms with Crippen LogP contribution in [0.2, 0.25) is 0 Å². The van der Waals surface area contributed by atoms with Crippen LogP contribution in [0, 0.1) is 6.92 Å². The molecule has 0 saturated heterocycles. The van der Waals surface area contributed by atoms with Gasteiger partial charge in [-0.2, -0.15) is 0 Å². The molecule has 0 fully saturated rings. The molecule has 0 radical (unpaired) electrons. The van der Waals surface area contributed by atoms with Gasteiger partial charge in [0.05, 0.1) is 0 Å². The van der Waals surface area contributed by atoms with Crippen LogP contribution in [-0.2, 0) is 17.2 Å². The molecule has 0 amide bonds. The minimum atomic E-state index is -0.677. The molecule has 19 heavy (non-hydrogen) atoms. The quantitative estimate of drug-likeness (QED) is 0.793. The average molecular weight is 281 g/mol. The molecule has 0 aliphatic carbocycles. The predicted octanol–water partition coefficient (Wildman–Crippen LogP) is 3.06. The smallest absolute Gasteiger partial charge is 0.0246 e. The number of hydrogen-bond acceptors (Lipinski definition) is 2. The van der Waals surface area contributed by atoms with E-state index in [0.717, 1.165) is 25.0 Å². The molecule has 3 heteroatoms. The first-order valence-electron chi connectivity index (χ1n) is 7.09. The van der Waals surface area contributed by atoms with Gasteiger partial charge in [-0.3, -0.25) is 4.21 Å². The SMILES string of the molecule is Cc1cccc(CCC(C)NC(C)CCS(C)=O)c1. The summed E-state index contributed by atoms with van der Waals surface area (Å²) in [5.74, 6) is 0.790. The molecule has 108 valence electrons. The van der Waals surface area contributed by atoms with Crippen LogP contribution >= 0.6 is 0 Å². The molecule has 1 rings (SSSR count). The van der Waals surface area contributed by atoms with Gasteiger partial charge in [0, 0.05) is 34.9 Å². The summed E-state index contributed by atoms with van der Waals surface area (Å²) in [6, 6.07) is 9.66. The molecule has 0 heterocycles. The van der Waals surface area contributed by atoms with Crippen LogP contribution in [0.3, 0.4) is 0 Å². The Bertz CT molecular complexity index is 405. The molecule has 0 aliphatic rings. The van der Waals surface area contributed by atoms with E-state index in [4.69, 9.17) is 0 Å². The Morgan fingerprint density at radius 1 is 1.21 bits per heavy atom. The van der Waals surface area contributed by atoms with Gasteiger partial charge in [0.25, 0.3) is 0 Å². The van der Waals surface area contributed by atoms with E-state index >= 15 is 0 Å². The maximum atomic E-state index is 11.1. The van der Waals surface area contributed by atoms with E-state index in [9.17, 15) is 4.21 Å². The van der Waals surface area contributed by atoms with Crippen molar-refractivity contribution in [2.75, 3.05) is 12.0 Å². The maximum absolute atomic E-state index is 11.1.